The first-order valence-corrected chi connectivity index (χ1v) is 7.72. The molecule has 0 aliphatic heterocycles. The summed E-state index contributed by atoms with van der Waals surface area (Å²) in [7, 11) is 0. The zero-order chi connectivity index (χ0) is 16.2. The highest BCUT2D eigenvalue weighted by Gasteiger charge is 2.13. The smallest absolute Gasteiger partial charge is 0.184 e. The van der Waals surface area contributed by atoms with E-state index in [1.54, 1.807) is 16.8 Å². The van der Waals surface area contributed by atoms with Crippen molar-refractivity contribution in [2.24, 2.45) is 0 Å². The number of nitrogens with one attached hydrogen (secondary N) is 1. The number of rotatable bonds is 6. The van der Waals surface area contributed by atoms with Crippen molar-refractivity contribution in [2.45, 2.75) is 39.3 Å². The van der Waals surface area contributed by atoms with E-state index in [9.17, 15) is 4.39 Å². The van der Waals surface area contributed by atoms with Crippen LogP contribution in [-0.4, -0.2) is 31.0 Å². The van der Waals surface area contributed by atoms with Gasteiger partial charge in [0, 0.05) is 6.04 Å². The van der Waals surface area contributed by atoms with E-state index in [1.165, 1.54) is 18.5 Å². The Labute approximate surface area is 133 Å². The molecule has 120 valence electrons. The lowest BCUT2D eigenvalue weighted by atomic mass is 10.2. The van der Waals surface area contributed by atoms with Gasteiger partial charge >= 0.3 is 0 Å². The second-order valence-corrected chi connectivity index (χ2v) is 5.60. The Morgan fingerprint density at radius 3 is 2.74 bits per heavy atom. The van der Waals surface area contributed by atoms with Crippen LogP contribution in [-0.2, 0) is 6.54 Å². The standard InChI is InChI=1S/C16H19FN6/c1-3-4-11(2)20-15-14-16(19-10-18-15)23(22-21-14)9-12-5-7-13(17)8-6-12/h5-8,10-11H,3-4,9H2,1-2H3,(H,18,19,20). The summed E-state index contributed by atoms with van der Waals surface area (Å²) in [4.78, 5) is 8.56. The monoisotopic (exact) mass is 314 g/mol. The first kappa shape index (κ1) is 15.3. The molecule has 23 heavy (non-hydrogen) atoms. The average Bonchev–Trinajstić information content (AvgIpc) is 2.94. The molecular weight excluding hydrogens is 295 g/mol. The van der Waals surface area contributed by atoms with Gasteiger partial charge in [0.05, 0.1) is 6.54 Å². The van der Waals surface area contributed by atoms with Crippen molar-refractivity contribution in [1.29, 1.82) is 0 Å². The van der Waals surface area contributed by atoms with Crippen LogP contribution in [0.1, 0.15) is 32.3 Å². The van der Waals surface area contributed by atoms with Crippen molar-refractivity contribution in [2.75, 3.05) is 5.32 Å². The number of halogens is 1. The molecule has 1 N–H and O–H groups in total. The SMILES string of the molecule is CCCC(C)Nc1ncnc2c1nnn2Cc1ccc(F)cc1. The third-order valence-corrected chi connectivity index (χ3v) is 3.65. The topological polar surface area (TPSA) is 68.5 Å². The van der Waals surface area contributed by atoms with Crippen LogP contribution in [0.15, 0.2) is 30.6 Å². The van der Waals surface area contributed by atoms with Gasteiger partial charge < -0.3 is 5.32 Å². The molecule has 0 fully saturated rings. The molecule has 0 saturated carbocycles. The number of nitrogens with zero attached hydrogens (tertiary/aromatic N) is 5. The number of anilines is 1. The largest absolute Gasteiger partial charge is 0.366 e. The molecule has 0 spiro atoms. The molecule has 0 amide bonds. The van der Waals surface area contributed by atoms with Gasteiger partial charge in [-0.1, -0.05) is 30.7 Å². The summed E-state index contributed by atoms with van der Waals surface area (Å²) in [6, 6.07) is 6.63. The molecule has 3 aromatic rings. The summed E-state index contributed by atoms with van der Waals surface area (Å²) in [5, 5.41) is 11.7. The van der Waals surface area contributed by atoms with Crippen LogP contribution in [0, 0.1) is 5.82 Å². The van der Waals surface area contributed by atoms with Gasteiger partial charge in [-0.15, -0.1) is 5.10 Å². The maximum absolute atomic E-state index is 13.0. The van der Waals surface area contributed by atoms with Gasteiger partial charge in [-0.25, -0.2) is 19.0 Å². The Morgan fingerprint density at radius 1 is 1.22 bits per heavy atom. The van der Waals surface area contributed by atoms with Crippen LogP contribution >= 0.6 is 0 Å². The summed E-state index contributed by atoms with van der Waals surface area (Å²) < 4.78 is 14.7. The van der Waals surface area contributed by atoms with E-state index in [4.69, 9.17) is 0 Å². The molecule has 7 heteroatoms. The highest BCUT2D eigenvalue weighted by atomic mass is 19.1. The van der Waals surface area contributed by atoms with Crippen molar-refractivity contribution in [3.8, 4) is 0 Å². The summed E-state index contributed by atoms with van der Waals surface area (Å²) in [5.41, 5.74) is 2.25. The van der Waals surface area contributed by atoms with Gasteiger partial charge in [0.1, 0.15) is 12.1 Å². The zero-order valence-corrected chi connectivity index (χ0v) is 13.2. The van der Waals surface area contributed by atoms with Crippen LogP contribution in [0.4, 0.5) is 10.2 Å². The molecule has 0 radical (unpaired) electrons. The van der Waals surface area contributed by atoms with Crippen LogP contribution in [0.3, 0.4) is 0 Å². The molecule has 2 aromatic heterocycles. The maximum atomic E-state index is 13.0. The van der Waals surface area contributed by atoms with E-state index in [0.717, 1.165) is 18.4 Å². The number of aromatic nitrogens is 5. The Hall–Kier alpha value is -2.57. The molecule has 1 aromatic carbocycles. The van der Waals surface area contributed by atoms with Gasteiger partial charge in [0.15, 0.2) is 17.0 Å². The fraction of sp³-hybridized carbons (Fsp3) is 0.375. The predicted molar refractivity (Wildman–Crippen MR) is 86.6 cm³/mol. The van der Waals surface area contributed by atoms with E-state index >= 15 is 0 Å². The molecule has 1 atom stereocenters. The van der Waals surface area contributed by atoms with Crippen molar-refractivity contribution in [3.63, 3.8) is 0 Å². The van der Waals surface area contributed by atoms with Crippen LogP contribution < -0.4 is 5.32 Å². The van der Waals surface area contributed by atoms with E-state index in [2.05, 4.69) is 39.4 Å². The lowest BCUT2D eigenvalue weighted by molar-refractivity contribution is 0.623. The van der Waals surface area contributed by atoms with Gasteiger partial charge in [0.2, 0.25) is 0 Å². The first-order valence-electron chi connectivity index (χ1n) is 7.72. The third kappa shape index (κ3) is 3.44. The number of hydrogen-bond donors (Lipinski definition) is 1. The first-order chi connectivity index (χ1) is 11.2. The fourth-order valence-electron chi connectivity index (χ4n) is 2.50. The summed E-state index contributed by atoms with van der Waals surface area (Å²) in [6.45, 7) is 4.74. The van der Waals surface area contributed by atoms with Gasteiger partial charge in [0.25, 0.3) is 0 Å². The van der Waals surface area contributed by atoms with Crippen LogP contribution in [0.5, 0.6) is 0 Å². The van der Waals surface area contributed by atoms with E-state index in [0.29, 0.717) is 29.6 Å². The van der Waals surface area contributed by atoms with Crippen molar-refractivity contribution >= 4 is 17.0 Å². The third-order valence-electron chi connectivity index (χ3n) is 3.65. The highest BCUT2D eigenvalue weighted by molar-refractivity contribution is 5.81. The van der Waals surface area contributed by atoms with Crippen molar-refractivity contribution in [1.82, 2.24) is 25.0 Å². The molecular formula is C16H19FN6. The second-order valence-electron chi connectivity index (χ2n) is 5.60. The highest BCUT2D eigenvalue weighted by Crippen LogP contribution is 2.18. The number of hydrogen-bond acceptors (Lipinski definition) is 5. The number of fused-ring (bicyclic) bond motifs is 1. The fourth-order valence-corrected chi connectivity index (χ4v) is 2.50. The van der Waals surface area contributed by atoms with E-state index < -0.39 is 0 Å². The van der Waals surface area contributed by atoms with E-state index in [-0.39, 0.29) is 5.82 Å². The molecule has 6 nitrogen and oxygen atoms in total. The van der Waals surface area contributed by atoms with Crippen molar-refractivity contribution in [3.05, 3.63) is 42.0 Å². The Bertz CT molecular complexity index is 783. The summed E-state index contributed by atoms with van der Waals surface area (Å²) >= 11 is 0. The Kier molecular flexibility index (Phi) is 4.45. The lowest BCUT2D eigenvalue weighted by Crippen LogP contribution is -2.16. The second kappa shape index (κ2) is 6.68. The van der Waals surface area contributed by atoms with Gasteiger partial charge in [-0.3, -0.25) is 0 Å². The van der Waals surface area contributed by atoms with Crippen molar-refractivity contribution < 1.29 is 4.39 Å². The molecule has 0 bridgehead atoms. The van der Waals surface area contributed by atoms with Crippen LogP contribution in [0.25, 0.3) is 11.2 Å². The predicted octanol–water partition coefficient (Wildman–Crippen LogP) is 3.01. The number of benzene rings is 1. The lowest BCUT2D eigenvalue weighted by Gasteiger charge is -2.12. The van der Waals surface area contributed by atoms with Crippen LogP contribution in [0.2, 0.25) is 0 Å². The minimum Gasteiger partial charge on any atom is -0.366 e. The summed E-state index contributed by atoms with van der Waals surface area (Å²) in [6.07, 6.45) is 3.66. The maximum Gasteiger partial charge on any atom is 0.184 e. The molecule has 3 rings (SSSR count). The average molecular weight is 314 g/mol. The van der Waals surface area contributed by atoms with E-state index in [1.807, 2.05) is 0 Å². The normalized spacial score (nSPS) is 12.5. The molecule has 0 saturated heterocycles. The molecule has 2 heterocycles. The molecule has 0 aliphatic carbocycles. The Balaban J connectivity index is 1.87. The minimum absolute atomic E-state index is 0.254. The summed E-state index contributed by atoms with van der Waals surface area (Å²) in [5.74, 6) is 0.442. The van der Waals surface area contributed by atoms with Gasteiger partial charge in [-0.05, 0) is 31.0 Å². The Morgan fingerprint density at radius 2 is 2.00 bits per heavy atom. The minimum atomic E-state index is -0.254. The molecule has 0 aliphatic rings. The zero-order valence-electron chi connectivity index (χ0n) is 13.2. The quantitative estimate of drug-likeness (QED) is 0.757. The van der Waals surface area contributed by atoms with Gasteiger partial charge in [-0.2, -0.15) is 0 Å². The molecule has 1 unspecified atom stereocenters.